The molecular formula is C12H22N4. The zero-order valence-corrected chi connectivity index (χ0v) is 10.3. The number of anilines is 1. The summed E-state index contributed by atoms with van der Waals surface area (Å²) < 4.78 is 2.23. The Kier molecular flexibility index (Phi) is 3.49. The van der Waals surface area contributed by atoms with Gasteiger partial charge >= 0.3 is 0 Å². The Balaban J connectivity index is 2.07. The van der Waals surface area contributed by atoms with Crippen molar-refractivity contribution in [3.8, 4) is 0 Å². The van der Waals surface area contributed by atoms with Crippen LogP contribution in [0.5, 0.6) is 0 Å². The normalized spacial score (nSPS) is 18.1. The summed E-state index contributed by atoms with van der Waals surface area (Å²) in [7, 11) is 0. The predicted octanol–water partition coefficient (Wildman–Crippen LogP) is 1.39. The van der Waals surface area contributed by atoms with Crippen LogP contribution in [0.2, 0.25) is 0 Å². The number of rotatable bonds is 3. The van der Waals surface area contributed by atoms with Crippen LogP contribution < -0.4 is 10.6 Å². The third-order valence-corrected chi connectivity index (χ3v) is 3.45. The molecule has 2 heterocycles. The summed E-state index contributed by atoms with van der Waals surface area (Å²) in [5, 5.41) is 0. The van der Waals surface area contributed by atoms with E-state index in [9.17, 15) is 0 Å². The molecule has 1 fully saturated rings. The summed E-state index contributed by atoms with van der Waals surface area (Å²) in [6, 6.07) is 0. The van der Waals surface area contributed by atoms with Gasteiger partial charge in [0, 0.05) is 25.8 Å². The molecule has 0 saturated carbocycles. The van der Waals surface area contributed by atoms with Crippen LogP contribution in [0.3, 0.4) is 0 Å². The maximum absolute atomic E-state index is 5.71. The molecule has 4 nitrogen and oxygen atoms in total. The van der Waals surface area contributed by atoms with Crippen molar-refractivity contribution in [3.63, 3.8) is 0 Å². The lowest BCUT2D eigenvalue weighted by Crippen LogP contribution is -2.37. The van der Waals surface area contributed by atoms with Gasteiger partial charge in [0.2, 0.25) is 5.95 Å². The highest BCUT2D eigenvalue weighted by Crippen LogP contribution is 2.22. The molecule has 0 unspecified atom stereocenters. The summed E-state index contributed by atoms with van der Waals surface area (Å²) in [5.41, 5.74) is 6.82. The van der Waals surface area contributed by atoms with E-state index in [0.29, 0.717) is 5.92 Å². The number of imidazole rings is 1. The van der Waals surface area contributed by atoms with Crippen molar-refractivity contribution >= 4 is 5.95 Å². The number of nitrogens with two attached hydrogens (primary N) is 1. The Bertz CT molecular complexity index is 337. The quantitative estimate of drug-likeness (QED) is 0.840. The fraction of sp³-hybridized carbons (Fsp3) is 0.750. The molecule has 0 aromatic carbocycles. The molecule has 4 heteroatoms. The molecule has 0 spiro atoms. The average molecular weight is 222 g/mol. The van der Waals surface area contributed by atoms with Gasteiger partial charge < -0.3 is 15.2 Å². The van der Waals surface area contributed by atoms with E-state index in [1.54, 1.807) is 0 Å². The van der Waals surface area contributed by atoms with E-state index in [2.05, 4.69) is 34.5 Å². The molecular weight excluding hydrogens is 200 g/mol. The zero-order chi connectivity index (χ0) is 11.5. The highest BCUT2D eigenvalue weighted by Gasteiger charge is 2.21. The lowest BCUT2D eigenvalue weighted by molar-refractivity contribution is 0.408. The van der Waals surface area contributed by atoms with Crippen molar-refractivity contribution in [2.75, 3.05) is 24.5 Å². The molecule has 1 aliphatic rings. The minimum atomic E-state index is 0.711. The number of hydrogen-bond donors (Lipinski definition) is 1. The summed E-state index contributed by atoms with van der Waals surface area (Å²) in [4.78, 5) is 7.01. The fourth-order valence-electron chi connectivity index (χ4n) is 2.39. The van der Waals surface area contributed by atoms with Crippen molar-refractivity contribution in [3.05, 3.63) is 11.9 Å². The van der Waals surface area contributed by atoms with E-state index in [1.165, 1.54) is 12.8 Å². The van der Waals surface area contributed by atoms with E-state index in [0.717, 1.165) is 37.8 Å². The molecule has 16 heavy (non-hydrogen) atoms. The number of aromatic nitrogens is 2. The number of piperidine rings is 1. The highest BCUT2D eigenvalue weighted by atomic mass is 15.3. The van der Waals surface area contributed by atoms with Gasteiger partial charge in [-0.2, -0.15) is 0 Å². The maximum atomic E-state index is 5.71. The van der Waals surface area contributed by atoms with Crippen LogP contribution in [0.15, 0.2) is 6.20 Å². The van der Waals surface area contributed by atoms with Crippen molar-refractivity contribution in [2.45, 2.75) is 33.2 Å². The molecule has 0 radical (unpaired) electrons. The standard InChI is InChI=1S/C12H22N4/c1-3-15-9-10(2)14-12(15)16-6-4-11(8-13)5-7-16/h9,11H,3-8,13H2,1-2H3. The Labute approximate surface area is 97.4 Å². The first-order valence-corrected chi connectivity index (χ1v) is 6.23. The highest BCUT2D eigenvalue weighted by molar-refractivity contribution is 5.34. The van der Waals surface area contributed by atoms with E-state index < -0.39 is 0 Å². The Morgan fingerprint density at radius 2 is 2.12 bits per heavy atom. The Morgan fingerprint density at radius 1 is 1.44 bits per heavy atom. The van der Waals surface area contributed by atoms with E-state index in [4.69, 9.17) is 5.73 Å². The molecule has 1 saturated heterocycles. The summed E-state index contributed by atoms with van der Waals surface area (Å²) >= 11 is 0. The molecule has 1 aliphatic heterocycles. The molecule has 0 aliphatic carbocycles. The van der Waals surface area contributed by atoms with Crippen molar-refractivity contribution in [1.29, 1.82) is 0 Å². The van der Waals surface area contributed by atoms with Crippen LogP contribution >= 0.6 is 0 Å². The fourth-order valence-corrected chi connectivity index (χ4v) is 2.39. The van der Waals surface area contributed by atoms with Gasteiger partial charge in [0.05, 0.1) is 5.69 Å². The van der Waals surface area contributed by atoms with Crippen LogP contribution in [-0.4, -0.2) is 29.2 Å². The first-order chi connectivity index (χ1) is 7.74. The zero-order valence-electron chi connectivity index (χ0n) is 10.3. The van der Waals surface area contributed by atoms with E-state index in [1.807, 2.05) is 0 Å². The van der Waals surface area contributed by atoms with E-state index >= 15 is 0 Å². The Morgan fingerprint density at radius 3 is 2.69 bits per heavy atom. The second kappa shape index (κ2) is 4.87. The molecule has 0 bridgehead atoms. The summed E-state index contributed by atoms with van der Waals surface area (Å²) in [5.74, 6) is 1.85. The average Bonchev–Trinajstić information content (AvgIpc) is 2.70. The SMILES string of the molecule is CCn1cc(C)nc1N1CCC(CN)CC1. The first kappa shape index (κ1) is 11.5. The second-order valence-corrected chi connectivity index (χ2v) is 4.63. The lowest BCUT2D eigenvalue weighted by atomic mass is 9.97. The third kappa shape index (κ3) is 2.21. The van der Waals surface area contributed by atoms with Gasteiger partial charge in [-0.05, 0) is 39.2 Å². The van der Waals surface area contributed by atoms with Crippen LogP contribution in [-0.2, 0) is 6.54 Å². The number of aryl methyl sites for hydroxylation is 2. The largest absolute Gasteiger partial charge is 0.342 e. The lowest BCUT2D eigenvalue weighted by Gasteiger charge is -2.32. The molecule has 1 aromatic heterocycles. The molecule has 2 N–H and O–H groups in total. The minimum Gasteiger partial charge on any atom is -0.342 e. The monoisotopic (exact) mass is 222 g/mol. The first-order valence-electron chi connectivity index (χ1n) is 6.23. The van der Waals surface area contributed by atoms with E-state index in [-0.39, 0.29) is 0 Å². The third-order valence-electron chi connectivity index (χ3n) is 3.45. The van der Waals surface area contributed by atoms with Crippen molar-refractivity contribution < 1.29 is 0 Å². The smallest absolute Gasteiger partial charge is 0.205 e. The molecule has 1 aromatic rings. The van der Waals surface area contributed by atoms with Gasteiger partial charge in [0.25, 0.3) is 0 Å². The number of nitrogens with zero attached hydrogens (tertiary/aromatic N) is 3. The summed E-state index contributed by atoms with van der Waals surface area (Å²) in [6.07, 6.45) is 4.53. The van der Waals surface area contributed by atoms with Gasteiger partial charge in [-0.15, -0.1) is 0 Å². The van der Waals surface area contributed by atoms with Crippen molar-refractivity contribution in [2.24, 2.45) is 11.7 Å². The van der Waals surface area contributed by atoms with Gasteiger partial charge in [-0.3, -0.25) is 0 Å². The summed E-state index contributed by atoms with van der Waals surface area (Å²) in [6.45, 7) is 8.23. The van der Waals surface area contributed by atoms with Crippen LogP contribution in [0.1, 0.15) is 25.5 Å². The molecule has 2 rings (SSSR count). The van der Waals surface area contributed by atoms with Gasteiger partial charge in [0.1, 0.15) is 0 Å². The van der Waals surface area contributed by atoms with Crippen LogP contribution in [0, 0.1) is 12.8 Å². The maximum Gasteiger partial charge on any atom is 0.205 e. The Hall–Kier alpha value is -1.03. The number of hydrogen-bond acceptors (Lipinski definition) is 3. The van der Waals surface area contributed by atoms with Crippen LogP contribution in [0.4, 0.5) is 5.95 Å². The topological polar surface area (TPSA) is 47.1 Å². The van der Waals surface area contributed by atoms with Crippen molar-refractivity contribution in [1.82, 2.24) is 9.55 Å². The minimum absolute atomic E-state index is 0.711. The van der Waals surface area contributed by atoms with Gasteiger partial charge in [-0.1, -0.05) is 0 Å². The molecule has 90 valence electrons. The molecule has 0 atom stereocenters. The van der Waals surface area contributed by atoms with Crippen LogP contribution in [0.25, 0.3) is 0 Å². The molecule has 0 amide bonds. The second-order valence-electron chi connectivity index (χ2n) is 4.63. The predicted molar refractivity (Wildman–Crippen MR) is 66.6 cm³/mol. The van der Waals surface area contributed by atoms with Gasteiger partial charge in [-0.25, -0.2) is 4.98 Å². The van der Waals surface area contributed by atoms with Gasteiger partial charge in [0.15, 0.2) is 0 Å².